The van der Waals surface area contributed by atoms with Crippen molar-refractivity contribution in [3.63, 3.8) is 0 Å². The number of carbonyl (C=O) groups is 1. The van der Waals surface area contributed by atoms with E-state index in [1.54, 1.807) is 17.6 Å². The number of aryl methyl sites for hydroxylation is 2. The minimum Gasteiger partial charge on any atom is -0.350 e. The zero-order valence-corrected chi connectivity index (χ0v) is 9.71. The van der Waals surface area contributed by atoms with E-state index in [0.717, 1.165) is 22.0 Å². The molecule has 0 aromatic carbocycles. The van der Waals surface area contributed by atoms with Crippen molar-refractivity contribution in [3.8, 4) is 0 Å². The summed E-state index contributed by atoms with van der Waals surface area (Å²) in [7, 11) is 0. The van der Waals surface area contributed by atoms with Crippen molar-refractivity contribution < 1.29 is 4.79 Å². The highest BCUT2D eigenvalue weighted by atomic mass is 32.1. The highest BCUT2D eigenvalue weighted by molar-refractivity contribution is 7.15. The molecule has 2 amide bonds. The average molecular weight is 237 g/mol. The number of thiazole rings is 1. The van der Waals surface area contributed by atoms with Gasteiger partial charge in [0.05, 0.1) is 17.6 Å². The van der Waals surface area contributed by atoms with Crippen LogP contribution in [0.1, 0.15) is 17.1 Å². The highest BCUT2D eigenvalue weighted by Crippen LogP contribution is 2.18. The molecule has 0 aliphatic heterocycles. The summed E-state index contributed by atoms with van der Waals surface area (Å²) in [6, 6.07) is -0.684. The maximum Gasteiger partial charge on any atom is 0.332 e. The van der Waals surface area contributed by atoms with Crippen molar-refractivity contribution in [3.05, 3.63) is 22.5 Å². The summed E-state index contributed by atoms with van der Waals surface area (Å²) in [5, 5.41) is 5.75. The number of hydrogen-bond acceptors (Lipinski definition) is 4. The Morgan fingerprint density at radius 3 is 3.12 bits per heavy atom. The predicted molar refractivity (Wildman–Crippen MR) is 62.9 cm³/mol. The van der Waals surface area contributed by atoms with Gasteiger partial charge in [0, 0.05) is 11.1 Å². The van der Waals surface area contributed by atoms with Crippen molar-refractivity contribution in [2.45, 2.75) is 13.8 Å². The first-order valence-electron chi connectivity index (χ1n) is 4.61. The van der Waals surface area contributed by atoms with E-state index in [0.29, 0.717) is 0 Å². The van der Waals surface area contributed by atoms with Gasteiger partial charge in [0.1, 0.15) is 0 Å². The quantitative estimate of drug-likeness (QED) is 0.603. The van der Waals surface area contributed by atoms with Gasteiger partial charge in [-0.2, -0.15) is 5.10 Å². The first kappa shape index (κ1) is 10.6. The van der Waals surface area contributed by atoms with Crippen LogP contribution >= 0.6 is 11.3 Å². The van der Waals surface area contributed by atoms with E-state index < -0.39 is 6.03 Å². The molecule has 0 fully saturated rings. The fraction of sp³-hybridized carbons (Fsp3) is 0.222. The lowest BCUT2D eigenvalue weighted by Gasteiger charge is -1.95. The van der Waals surface area contributed by atoms with Crippen LogP contribution in [0.4, 0.5) is 4.79 Å². The van der Waals surface area contributed by atoms with E-state index in [9.17, 15) is 4.79 Å². The van der Waals surface area contributed by atoms with Crippen LogP contribution in [0.25, 0.3) is 4.96 Å². The smallest absolute Gasteiger partial charge is 0.332 e. The molecular formula is C9H11N5OS. The molecule has 0 saturated carbocycles. The maximum absolute atomic E-state index is 10.5. The fourth-order valence-corrected chi connectivity index (χ4v) is 2.35. The van der Waals surface area contributed by atoms with Crippen molar-refractivity contribution in [1.82, 2.24) is 14.8 Å². The van der Waals surface area contributed by atoms with Gasteiger partial charge >= 0.3 is 6.03 Å². The maximum atomic E-state index is 10.5. The Bertz CT molecular complexity index is 568. The molecule has 0 spiro atoms. The molecule has 0 aliphatic rings. The lowest BCUT2D eigenvalue weighted by molar-refractivity contribution is 0.249. The van der Waals surface area contributed by atoms with Crippen LogP contribution in [0.5, 0.6) is 0 Å². The SMILES string of the molecule is Cc1nc2scc(C)n2c1C=NNC(N)=O. The summed E-state index contributed by atoms with van der Waals surface area (Å²) >= 11 is 1.57. The van der Waals surface area contributed by atoms with E-state index in [1.165, 1.54) is 0 Å². The Morgan fingerprint density at radius 1 is 1.69 bits per heavy atom. The molecule has 2 heterocycles. The lowest BCUT2D eigenvalue weighted by atomic mass is 10.3. The third-order valence-electron chi connectivity index (χ3n) is 2.12. The van der Waals surface area contributed by atoms with Crippen LogP contribution in [-0.4, -0.2) is 21.6 Å². The van der Waals surface area contributed by atoms with Crippen LogP contribution in [0.3, 0.4) is 0 Å². The van der Waals surface area contributed by atoms with Gasteiger partial charge in [-0.25, -0.2) is 15.2 Å². The number of carbonyl (C=O) groups excluding carboxylic acids is 1. The van der Waals surface area contributed by atoms with Crippen LogP contribution in [0.2, 0.25) is 0 Å². The zero-order chi connectivity index (χ0) is 11.7. The van der Waals surface area contributed by atoms with Crippen LogP contribution in [0.15, 0.2) is 10.5 Å². The molecule has 0 bridgehead atoms. The second kappa shape index (κ2) is 3.93. The van der Waals surface area contributed by atoms with Gasteiger partial charge in [-0.15, -0.1) is 11.3 Å². The first-order valence-corrected chi connectivity index (χ1v) is 5.49. The Morgan fingerprint density at radius 2 is 2.44 bits per heavy atom. The standard InChI is InChI=1S/C9H11N5OS/c1-5-4-16-9-12-6(2)7(14(5)9)3-11-13-8(10)15/h3-4H,1-2H3,(H3,10,13,15). The molecule has 16 heavy (non-hydrogen) atoms. The summed E-state index contributed by atoms with van der Waals surface area (Å²) in [5.74, 6) is 0. The molecule has 6 nitrogen and oxygen atoms in total. The van der Waals surface area contributed by atoms with Gasteiger partial charge < -0.3 is 5.73 Å². The number of amides is 2. The van der Waals surface area contributed by atoms with Gasteiger partial charge in [-0.1, -0.05) is 0 Å². The number of primary amides is 1. The van der Waals surface area contributed by atoms with Gasteiger partial charge in [-0.3, -0.25) is 4.40 Å². The number of nitrogens with two attached hydrogens (primary N) is 1. The fourth-order valence-electron chi connectivity index (χ4n) is 1.43. The van der Waals surface area contributed by atoms with Crippen LogP contribution < -0.4 is 11.2 Å². The molecule has 0 aliphatic carbocycles. The number of fused-ring (bicyclic) bond motifs is 1. The number of hydrogen-bond donors (Lipinski definition) is 2. The van der Waals surface area contributed by atoms with E-state index in [1.807, 2.05) is 23.6 Å². The molecule has 3 N–H and O–H groups in total. The van der Waals surface area contributed by atoms with Crippen molar-refractivity contribution in [1.29, 1.82) is 0 Å². The number of nitrogens with one attached hydrogen (secondary N) is 1. The third-order valence-corrected chi connectivity index (χ3v) is 3.06. The molecule has 0 atom stereocenters. The molecule has 2 rings (SSSR count). The van der Waals surface area contributed by atoms with Crippen molar-refractivity contribution in [2.24, 2.45) is 10.8 Å². The van der Waals surface area contributed by atoms with Crippen LogP contribution in [-0.2, 0) is 0 Å². The molecule has 2 aromatic rings. The average Bonchev–Trinajstić information content (AvgIpc) is 2.69. The zero-order valence-electron chi connectivity index (χ0n) is 8.89. The third kappa shape index (κ3) is 1.76. The Kier molecular flexibility index (Phi) is 2.61. The van der Waals surface area contributed by atoms with Gasteiger partial charge in [-0.05, 0) is 13.8 Å². The minimum atomic E-state index is -0.684. The van der Waals surface area contributed by atoms with Gasteiger partial charge in [0.2, 0.25) is 0 Å². The Hall–Kier alpha value is -1.89. The van der Waals surface area contributed by atoms with E-state index >= 15 is 0 Å². The van der Waals surface area contributed by atoms with Gasteiger partial charge in [0.15, 0.2) is 4.96 Å². The molecular weight excluding hydrogens is 226 g/mol. The second-order valence-electron chi connectivity index (χ2n) is 3.31. The van der Waals surface area contributed by atoms with E-state index in [-0.39, 0.29) is 0 Å². The first-order chi connectivity index (χ1) is 7.59. The summed E-state index contributed by atoms with van der Waals surface area (Å²) in [6.45, 7) is 3.88. The number of hydrazone groups is 1. The van der Waals surface area contributed by atoms with Crippen molar-refractivity contribution >= 4 is 28.5 Å². The van der Waals surface area contributed by atoms with Crippen LogP contribution in [0, 0.1) is 13.8 Å². The lowest BCUT2D eigenvalue weighted by Crippen LogP contribution is -2.24. The number of aromatic nitrogens is 2. The molecule has 0 radical (unpaired) electrons. The molecule has 7 heteroatoms. The summed E-state index contributed by atoms with van der Waals surface area (Å²) in [4.78, 5) is 15.8. The second-order valence-corrected chi connectivity index (χ2v) is 4.15. The Labute approximate surface area is 95.8 Å². The molecule has 2 aromatic heterocycles. The summed E-state index contributed by atoms with van der Waals surface area (Å²) < 4.78 is 1.98. The normalized spacial score (nSPS) is 11.4. The van der Waals surface area contributed by atoms with Crippen molar-refractivity contribution in [2.75, 3.05) is 0 Å². The molecule has 0 saturated heterocycles. The number of nitrogens with zero attached hydrogens (tertiary/aromatic N) is 3. The Balaban J connectivity index is 2.42. The molecule has 0 unspecified atom stereocenters. The topological polar surface area (TPSA) is 84.8 Å². The van der Waals surface area contributed by atoms with E-state index in [4.69, 9.17) is 5.73 Å². The monoisotopic (exact) mass is 237 g/mol. The van der Waals surface area contributed by atoms with Gasteiger partial charge in [0.25, 0.3) is 0 Å². The number of urea groups is 1. The highest BCUT2D eigenvalue weighted by Gasteiger charge is 2.09. The number of imidazole rings is 1. The largest absolute Gasteiger partial charge is 0.350 e. The predicted octanol–water partition coefficient (Wildman–Crippen LogP) is 1.01. The summed E-state index contributed by atoms with van der Waals surface area (Å²) in [6.07, 6.45) is 1.54. The van der Waals surface area contributed by atoms with E-state index in [2.05, 4.69) is 15.5 Å². The minimum absolute atomic E-state index is 0.684. The summed E-state index contributed by atoms with van der Waals surface area (Å²) in [5.41, 5.74) is 9.87. The number of rotatable bonds is 2. The molecule has 84 valence electrons.